The van der Waals surface area contributed by atoms with Gasteiger partial charge in [0.05, 0.1) is 12.4 Å². The molecule has 2 rings (SSSR count). The van der Waals surface area contributed by atoms with Crippen molar-refractivity contribution in [1.82, 2.24) is 25.1 Å². The van der Waals surface area contributed by atoms with Crippen LogP contribution in [0.25, 0.3) is 0 Å². The number of halogens is 1. The summed E-state index contributed by atoms with van der Waals surface area (Å²) < 4.78 is 0.598. The monoisotopic (exact) mass is 310 g/mol. The van der Waals surface area contributed by atoms with Crippen molar-refractivity contribution < 1.29 is 4.79 Å². The Bertz CT molecular complexity index is 550. The maximum absolute atomic E-state index is 11.8. The SMILES string of the molecule is CC(C)c1nc(C(=O)Nc2cnc(Br)cn2)n[nH]1. The number of rotatable bonds is 3. The van der Waals surface area contributed by atoms with Crippen LogP contribution >= 0.6 is 15.9 Å². The molecule has 2 N–H and O–H groups in total. The molecule has 7 nitrogen and oxygen atoms in total. The maximum atomic E-state index is 11.8. The molecule has 0 aromatic carbocycles. The number of aromatic amines is 1. The maximum Gasteiger partial charge on any atom is 0.296 e. The van der Waals surface area contributed by atoms with Crippen LogP contribution in [0.2, 0.25) is 0 Å². The predicted molar refractivity (Wildman–Crippen MR) is 68.2 cm³/mol. The fourth-order valence-corrected chi connectivity index (χ4v) is 1.39. The van der Waals surface area contributed by atoms with Crippen LogP contribution in [0.5, 0.6) is 0 Å². The van der Waals surface area contributed by atoms with Crippen LogP contribution in [0.4, 0.5) is 5.82 Å². The summed E-state index contributed by atoms with van der Waals surface area (Å²) in [5, 5.41) is 9.12. The van der Waals surface area contributed by atoms with Crippen molar-refractivity contribution in [2.45, 2.75) is 19.8 Å². The molecular formula is C10H11BrN6O. The highest BCUT2D eigenvalue weighted by Gasteiger charge is 2.14. The van der Waals surface area contributed by atoms with E-state index < -0.39 is 5.91 Å². The standard InChI is InChI=1S/C10H11BrN6O/c1-5(2)8-15-9(17-16-8)10(18)14-7-4-12-6(11)3-13-7/h3-5H,1-2H3,(H,13,14,18)(H,15,16,17). The number of hydrogen-bond donors (Lipinski definition) is 2. The smallest absolute Gasteiger partial charge is 0.296 e. The minimum atomic E-state index is -0.422. The van der Waals surface area contributed by atoms with E-state index in [1.165, 1.54) is 12.4 Å². The molecule has 0 atom stereocenters. The molecule has 18 heavy (non-hydrogen) atoms. The first-order valence-electron chi connectivity index (χ1n) is 5.27. The molecule has 0 aliphatic heterocycles. The average molecular weight is 311 g/mol. The van der Waals surface area contributed by atoms with Gasteiger partial charge in [0.25, 0.3) is 5.91 Å². The van der Waals surface area contributed by atoms with Gasteiger partial charge in [0.2, 0.25) is 5.82 Å². The van der Waals surface area contributed by atoms with E-state index in [1.807, 2.05) is 13.8 Å². The molecule has 0 aliphatic rings. The lowest BCUT2D eigenvalue weighted by atomic mass is 10.2. The molecule has 0 saturated heterocycles. The highest BCUT2D eigenvalue weighted by molar-refractivity contribution is 9.10. The zero-order valence-electron chi connectivity index (χ0n) is 9.81. The summed E-state index contributed by atoms with van der Waals surface area (Å²) in [7, 11) is 0. The van der Waals surface area contributed by atoms with Gasteiger partial charge in [-0.3, -0.25) is 9.89 Å². The van der Waals surface area contributed by atoms with E-state index in [1.54, 1.807) is 0 Å². The molecule has 0 unspecified atom stereocenters. The molecule has 0 saturated carbocycles. The minimum Gasteiger partial charge on any atom is -0.302 e. The summed E-state index contributed by atoms with van der Waals surface area (Å²) in [5.41, 5.74) is 0. The predicted octanol–water partition coefficient (Wildman–Crippen LogP) is 1.73. The Morgan fingerprint density at radius 2 is 2.17 bits per heavy atom. The Labute approximate surface area is 112 Å². The molecule has 0 bridgehead atoms. The zero-order chi connectivity index (χ0) is 13.1. The van der Waals surface area contributed by atoms with Crippen LogP contribution in [0, 0.1) is 0 Å². The molecular weight excluding hydrogens is 300 g/mol. The first kappa shape index (κ1) is 12.6. The van der Waals surface area contributed by atoms with E-state index in [2.05, 4.69) is 46.4 Å². The third kappa shape index (κ3) is 2.89. The molecule has 0 radical (unpaired) electrons. The number of nitrogens with zero attached hydrogens (tertiary/aromatic N) is 4. The Balaban J connectivity index is 2.09. The number of nitrogens with one attached hydrogen (secondary N) is 2. The van der Waals surface area contributed by atoms with E-state index in [9.17, 15) is 4.79 Å². The number of aromatic nitrogens is 5. The van der Waals surface area contributed by atoms with Crippen LogP contribution in [0.15, 0.2) is 17.0 Å². The van der Waals surface area contributed by atoms with Gasteiger partial charge in [-0.25, -0.2) is 15.0 Å². The summed E-state index contributed by atoms with van der Waals surface area (Å²) in [6.07, 6.45) is 2.94. The van der Waals surface area contributed by atoms with Crippen molar-refractivity contribution in [1.29, 1.82) is 0 Å². The first-order chi connectivity index (χ1) is 8.56. The molecule has 0 fully saturated rings. The second-order valence-electron chi connectivity index (χ2n) is 3.88. The third-order valence-corrected chi connectivity index (χ3v) is 2.52. The second kappa shape index (κ2) is 5.21. The lowest BCUT2D eigenvalue weighted by molar-refractivity contribution is 0.101. The van der Waals surface area contributed by atoms with E-state index in [-0.39, 0.29) is 11.7 Å². The third-order valence-electron chi connectivity index (χ3n) is 2.11. The number of H-pyrrole nitrogens is 1. The summed E-state index contributed by atoms with van der Waals surface area (Å²) in [6, 6.07) is 0. The van der Waals surface area contributed by atoms with E-state index in [0.29, 0.717) is 16.2 Å². The molecule has 0 spiro atoms. The van der Waals surface area contributed by atoms with Crippen molar-refractivity contribution >= 4 is 27.7 Å². The first-order valence-corrected chi connectivity index (χ1v) is 6.06. The summed E-state index contributed by atoms with van der Waals surface area (Å²) in [4.78, 5) is 23.8. The number of anilines is 1. The lowest BCUT2D eigenvalue weighted by Crippen LogP contribution is -2.15. The number of hydrogen-bond acceptors (Lipinski definition) is 5. The molecule has 2 heterocycles. The van der Waals surface area contributed by atoms with E-state index in [0.717, 1.165) is 0 Å². The van der Waals surface area contributed by atoms with Gasteiger partial charge in [-0.05, 0) is 15.9 Å². The summed E-state index contributed by atoms with van der Waals surface area (Å²) in [6.45, 7) is 3.92. The van der Waals surface area contributed by atoms with Crippen molar-refractivity contribution in [2.24, 2.45) is 0 Å². The Morgan fingerprint density at radius 1 is 1.39 bits per heavy atom. The molecule has 1 amide bonds. The number of carbonyl (C=O) groups excluding carboxylic acids is 1. The van der Waals surface area contributed by atoms with Gasteiger partial charge in [0.1, 0.15) is 10.4 Å². The Hall–Kier alpha value is -1.83. The fraction of sp³-hybridized carbons (Fsp3) is 0.300. The van der Waals surface area contributed by atoms with Crippen molar-refractivity contribution in [2.75, 3.05) is 5.32 Å². The second-order valence-corrected chi connectivity index (χ2v) is 4.69. The highest BCUT2D eigenvalue weighted by Crippen LogP contribution is 2.09. The number of carbonyl (C=O) groups is 1. The average Bonchev–Trinajstić information content (AvgIpc) is 2.81. The van der Waals surface area contributed by atoms with Crippen LogP contribution < -0.4 is 5.32 Å². The van der Waals surface area contributed by atoms with Gasteiger partial charge >= 0.3 is 0 Å². The number of amides is 1. The van der Waals surface area contributed by atoms with Gasteiger partial charge in [-0.1, -0.05) is 13.8 Å². The summed E-state index contributed by atoms with van der Waals surface area (Å²) in [5.74, 6) is 0.867. The zero-order valence-corrected chi connectivity index (χ0v) is 11.4. The Kier molecular flexibility index (Phi) is 3.66. The minimum absolute atomic E-state index is 0.0865. The Morgan fingerprint density at radius 3 is 2.72 bits per heavy atom. The topological polar surface area (TPSA) is 96.5 Å². The van der Waals surface area contributed by atoms with Crippen LogP contribution in [-0.4, -0.2) is 31.1 Å². The van der Waals surface area contributed by atoms with Gasteiger partial charge in [0, 0.05) is 5.92 Å². The van der Waals surface area contributed by atoms with Crippen molar-refractivity contribution in [3.8, 4) is 0 Å². The van der Waals surface area contributed by atoms with Crippen LogP contribution in [0.3, 0.4) is 0 Å². The molecule has 8 heteroatoms. The van der Waals surface area contributed by atoms with Gasteiger partial charge in [0.15, 0.2) is 5.82 Å². The fourth-order valence-electron chi connectivity index (χ4n) is 1.18. The quantitative estimate of drug-likeness (QED) is 0.900. The van der Waals surface area contributed by atoms with Gasteiger partial charge in [-0.15, -0.1) is 5.10 Å². The highest BCUT2D eigenvalue weighted by atomic mass is 79.9. The van der Waals surface area contributed by atoms with Crippen LogP contribution in [-0.2, 0) is 0 Å². The molecule has 2 aromatic rings. The van der Waals surface area contributed by atoms with Crippen molar-refractivity contribution in [3.63, 3.8) is 0 Å². The lowest BCUT2D eigenvalue weighted by Gasteiger charge is -2.00. The van der Waals surface area contributed by atoms with E-state index >= 15 is 0 Å². The van der Waals surface area contributed by atoms with Gasteiger partial charge < -0.3 is 5.32 Å². The van der Waals surface area contributed by atoms with Crippen molar-refractivity contribution in [3.05, 3.63) is 28.6 Å². The normalized spacial score (nSPS) is 10.7. The van der Waals surface area contributed by atoms with Gasteiger partial charge in [-0.2, -0.15) is 0 Å². The molecule has 0 aliphatic carbocycles. The van der Waals surface area contributed by atoms with E-state index in [4.69, 9.17) is 0 Å². The molecule has 2 aromatic heterocycles. The van der Waals surface area contributed by atoms with Crippen LogP contribution in [0.1, 0.15) is 36.2 Å². The summed E-state index contributed by atoms with van der Waals surface area (Å²) >= 11 is 3.16. The molecule has 94 valence electrons. The largest absolute Gasteiger partial charge is 0.302 e.